The van der Waals surface area contributed by atoms with Crippen molar-refractivity contribution in [2.75, 3.05) is 0 Å². The summed E-state index contributed by atoms with van der Waals surface area (Å²) < 4.78 is 26.4. The van der Waals surface area contributed by atoms with Gasteiger partial charge in [0.25, 0.3) is 0 Å². The van der Waals surface area contributed by atoms with Gasteiger partial charge in [0.2, 0.25) is 0 Å². The first-order valence-corrected chi connectivity index (χ1v) is 5.55. The number of benzene rings is 1. The standard InChI is InChI=1S/C13H19F2NO/c1-12(2,13(3,4)17)16-8-9-6-5-7-10(14)11(9)15/h5-7,16-17H,8H2,1-4H3. The molecule has 0 atom stereocenters. The van der Waals surface area contributed by atoms with Gasteiger partial charge in [0.1, 0.15) is 0 Å². The molecule has 0 radical (unpaired) electrons. The Balaban J connectivity index is 2.78. The van der Waals surface area contributed by atoms with Crippen LogP contribution in [0.1, 0.15) is 33.3 Å². The molecule has 0 amide bonds. The minimum absolute atomic E-state index is 0.167. The summed E-state index contributed by atoms with van der Waals surface area (Å²) >= 11 is 0. The Morgan fingerprint density at radius 2 is 1.76 bits per heavy atom. The molecule has 0 fully saturated rings. The molecule has 2 nitrogen and oxygen atoms in total. The minimum Gasteiger partial charge on any atom is -0.389 e. The van der Waals surface area contributed by atoms with E-state index in [4.69, 9.17) is 0 Å². The highest BCUT2D eigenvalue weighted by atomic mass is 19.2. The first-order chi connectivity index (χ1) is 7.65. The molecular formula is C13H19F2NO. The van der Waals surface area contributed by atoms with Crippen LogP contribution in [0.5, 0.6) is 0 Å². The van der Waals surface area contributed by atoms with E-state index in [0.717, 1.165) is 6.07 Å². The maximum Gasteiger partial charge on any atom is 0.163 e. The molecule has 1 aromatic rings. The Morgan fingerprint density at radius 3 is 2.29 bits per heavy atom. The molecule has 0 heterocycles. The Bertz CT molecular complexity index is 397. The second kappa shape index (κ2) is 4.70. The lowest BCUT2D eigenvalue weighted by molar-refractivity contribution is -0.00545. The molecule has 0 aromatic heterocycles. The summed E-state index contributed by atoms with van der Waals surface area (Å²) in [4.78, 5) is 0. The van der Waals surface area contributed by atoms with Crippen LogP contribution in [-0.4, -0.2) is 16.2 Å². The predicted octanol–water partition coefficient (Wildman–Crippen LogP) is 2.60. The fourth-order valence-electron chi connectivity index (χ4n) is 1.22. The Labute approximate surface area is 101 Å². The normalized spacial score (nSPS) is 12.9. The number of nitrogens with one attached hydrogen (secondary N) is 1. The third-order valence-electron chi connectivity index (χ3n) is 3.28. The summed E-state index contributed by atoms with van der Waals surface area (Å²) in [5.74, 6) is -1.70. The van der Waals surface area contributed by atoms with Crippen molar-refractivity contribution in [3.8, 4) is 0 Å². The molecule has 1 aromatic carbocycles. The van der Waals surface area contributed by atoms with Gasteiger partial charge >= 0.3 is 0 Å². The second-order valence-corrected chi connectivity index (χ2v) is 5.25. The van der Waals surface area contributed by atoms with Crippen LogP contribution in [-0.2, 0) is 6.54 Å². The van der Waals surface area contributed by atoms with Gasteiger partial charge in [-0.25, -0.2) is 8.78 Å². The van der Waals surface area contributed by atoms with Gasteiger partial charge < -0.3 is 10.4 Å². The summed E-state index contributed by atoms with van der Waals surface area (Å²) in [6, 6.07) is 4.07. The zero-order chi connectivity index (χ0) is 13.3. The van der Waals surface area contributed by atoms with Gasteiger partial charge in [-0.3, -0.25) is 0 Å². The fourth-order valence-corrected chi connectivity index (χ4v) is 1.22. The molecule has 96 valence electrons. The van der Waals surface area contributed by atoms with Crippen molar-refractivity contribution in [2.24, 2.45) is 0 Å². The summed E-state index contributed by atoms with van der Waals surface area (Å²) in [7, 11) is 0. The number of rotatable bonds is 4. The molecule has 2 N–H and O–H groups in total. The molecule has 0 aliphatic rings. The summed E-state index contributed by atoms with van der Waals surface area (Å²) in [5, 5.41) is 12.9. The van der Waals surface area contributed by atoms with Gasteiger partial charge in [-0.2, -0.15) is 0 Å². The summed E-state index contributed by atoms with van der Waals surface area (Å²) in [5.41, 5.74) is -1.31. The average molecular weight is 243 g/mol. The second-order valence-electron chi connectivity index (χ2n) is 5.25. The largest absolute Gasteiger partial charge is 0.389 e. The maximum absolute atomic E-state index is 13.4. The average Bonchev–Trinajstić information content (AvgIpc) is 2.18. The smallest absolute Gasteiger partial charge is 0.163 e. The topological polar surface area (TPSA) is 32.3 Å². The Morgan fingerprint density at radius 1 is 1.18 bits per heavy atom. The van der Waals surface area contributed by atoms with Crippen molar-refractivity contribution in [1.29, 1.82) is 0 Å². The van der Waals surface area contributed by atoms with Crippen LogP contribution in [0.15, 0.2) is 18.2 Å². The molecule has 0 unspecified atom stereocenters. The fraction of sp³-hybridized carbons (Fsp3) is 0.538. The lowest BCUT2D eigenvalue weighted by atomic mass is 9.86. The molecule has 0 saturated carbocycles. The van der Waals surface area contributed by atoms with Crippen LogP contribution in [0.2, 0.25) is 0 Å². The lowest BCUT2D eigenvalue weighted by Crippen LogP contribution is -2.55. The highest BCUT2D eigenvalue weighted by Gasteiger charge is 2.34. The molecular weight excluding hydrogens is 224 g/mol. The van der Waals surface area contributed by atoms with Crippen molar-refractivity contribution >= 4 is 0 Å². The van der Waals surface area contributed by atoms with Gasteiger partial charge in [0, 0.05) is 17.6 Å². The highest BCUT2D eigenvalue weighted by Crippen LogP contribution is 2.21. The zero-order valence-corrected chi connectivity index (χ0v) is 10.6. The molecule has 0 aliphatic heterocycles. The molecule has 4 heteroatoms. The van der Waals surface area contributed by atoms with E-state index in [1.54, 1.807) is 13.8 Å². The molecule has 0 aliphatic carbocycles. The third-order valence-corrected chi connectivity index (χ3v) is 3.28. The Hall–Kier alpha value is -1.00. The van der Waals surface area contributed by atoms with Gasteiger partial charge in [0.15, 0.2) is 11.6 Å². The van der Waals surface area contributed by atoms with E-state index >= 15 is 0 Å². The molecule has 0 bridgehead atoms. The van der Waals surface area contributed by atoms with Crippen molar-refractivity contribution in [3.05, 3.63) is 35.4 Å². The summed E-state index contributed by atoms with van der Waals surface area (Å²) in [6.45, 7) is 7.12. The number of hydrogen-bond donors (Lipinski definition) is 2. The number of hydrogen-bond acceptors (Lipinski definition) is 2. The third kappa shape index (κ3) is 3.23. The maximum atomic E-state index is 13.4. The Kier molecular flexibility index (Phi) is 3.89. The zero-order valence-electron chi connectivity index (χ0n) is 10.6. The number of aliphatic hydroxyl groups is 1. The van der Waals surface area contributed by atoms with E-state index in [1.807, 2.05) is 13.8 Å². The van der Waals surface area contributed by atoms with Crippen LogP contribution >= 0.6 is 0 Å². The van der Waals surface area contributed by atoms with E-state index < -0.39 is 22.8 Å². The SMILES string of the molecule is CC(C)(O)C(C)(C)NCc1cccc(F)c1F. The van der Waals surface area contributed by atoms with Crippen LogP contribution in [0, 0.1) is 11.6 Å². The molecule has 0 spiro atoms. The quantitative estimate of drug-likeness (QED) is 0.852. The van der Waals surface area contributed by atoms with Crippen molar-refractivity contribution in [3.63, 3.8) is 0 Å². The first-order valence-electron chi connectivity index (χ1n) is 5.55. The van der Waals surface area contributed by atoms with Crippen LogP contribution < -0.4 is 5.32 Å². The van der Waals surface area contributed by atoms with Crippen molar-refractivity contribution in [2.45, 2.75) is 45.4 Å². The van der Waals surface area contributed by atoms with Crippen LogP contribution in [0.4, 0.5) is 8.78 Å². The van der Waals surface area contributed by atoms with E-state index in [0.29, 0.717) is 0 Å². The number of halogens is 2. The van der Waals surface area contributed by atoms with E-state index in [9.17, 15) is 13.9 Å². The van der Waals surface area contributed by atoms with Crippen molar-refractivity contribution < 1.29 is 13.9 Å². The first kappa shape index (κ1) is 14.1. The predicted molar refractivity (Wildman–Crippen MR) is 63.6 cm³/mol. The van der Waals surface area contributed by atoms with Gasteiger partial charge in [0.05, 0.1) is 5.60 Å². The summed E-state index contributed by atoms with van der Waals surface area (Å²) in [6.07, 6.45) is 0. The molecule has 0 saturated heterocycles. The molecule has 17 heavy (non-hydrogen) atoms. The van der Waals surface area contributed by atoms with Crippen LogP contribution in [0.25, 0.3) is 0 Å². The van der Waals surface area contributed by atoms with Gasteiger partial charge in [-0.15, -0.1) is 0 Å². The lowest BCUT2D eigenvalue weighted by Gasteiger charge is -2.38. The van der Waals surface area contributed by atoms with E-state index in [1.165, 1.54) is 12.1 Å². The van der Waals surface area contributed by atoms with Crippen molar-refractivity contribution in [1.82, 2.24) is 5.32 Å². The van der Waals surface area contributed by atoms with Crippen LogP contribution in [0.3, 0.4) is 0 Å². The monoisotopic (exact) mass is 243 g/mol. The minimum atomic E-state index is -0.962. The van der Waals surface area contributed by atoms with Gasteiger partial charge in [-0.1, -0.05) is 12.1 Å². The molecule has 1 rings (SSSR count). The van der Waals surface area contributed by atoms with E-state index in [2.05, 4.69) is 5.32 Å². The highest BCUT2D eigenvalue weighted by molar-refractivity contribution is 5.19. The van der Waals surface area contributed by atoms with Gasteiger partial charge in [-0.05, 0) is 33.8 Å². The van der Waals surface area contributed by atoms with E-state index in [-0.39, 0.29) is 12.1 Å².